The molecule has 30 heavy (non-hydrogen) atoms. The van der Waals surface area contributed by atoms with E-state index in [2.05, 4.69) is 37.1 Å². The molecule has 2 aromatic rings. The molecule has 1 amide bonds. The van der Waals surface area contributed by atoms with Crippen molar-refractivity contribution in [2.75, 3.05) is 18.8 Å². The first-order valence-electron chi connectivity index (χ1n) is 11.4. The van der Waals surface area contributed by atoms with E-state index in [4.69, 9.17) is 0 Å². The summed E-state index contributed by atoms with van der Waals surface area (Å²) in [4.78, 5) is 15.0. The minimum Gasteiger partial charge on any atom is -0.353 e. The highest BCUT2D eigenvalue weighted by molar-refractivity contribution is 7.99. The van der Waals surface area contributed by atoms with Crippen LogP contribution < -0.4 is 5.32 Å². The lowest BCUT2D eigenvalue weighted by Crippen LogP contribution is -2.36. The monoisotopic (exact) mass is 427 g/mol. The van der Waals surface area contributed by atoms with Gasteiger partial charge in [0.15, 0.2) is 11.0 Å². The van der Waals surface area contributed by atoms with E-state index < -0.39 is 0 Å². The number of hydrogen-bond acceptors (Lipinski definition) is 5. The van der Waals surface area contributed by atoms with Crippen molar-refractivity contribution in [1.82, 2.24) is 25.0 Å². The number of hydrogen-bond donors (Lipinski definition) is 1. The summed E-state index contributed by atoms with van der Waals surface area (Å²) in [5, 5.41) is 13.0. The molecule has 1 saturated carbocycles. The van der Waals surface area contributed by atoms with Gasteiger partial charge in [-0.25, -0.2) is 0 Å². The zero-order valence-corrected chi connectivity index (χ0v) is 18.6. The number of likely N-dealkylation sites (tertiary alicyclic amines) is 1. The fourth-order valence-electron chi connectivity index (χ4n) is 4.47. The number of aromatic nitrogens is 3. The molecule has 2 fully saturated rings. The zero-order valence-electron chi connectivity index (χ0n) is 17.8. The maximum atomic E-state index is 12.6. The molecule has 2 heterocycles. The van der Waals surface area contributed by atoms with Gasteiger partial charge in [-0.05, 0) is 50.9 Å². The Morgan fingerprint density at radius 3 is 2.40 bits per heavy atom. The summed E-state index contributed by atoms with van der Waals surface area (Å²) in [6, 6.07) is 10.6. The van der Waals surface area contributed by atoms with E-state index in [0.29, 0.717) is 11.8 Å². The van der Waals surface area contributed by atoms with Gasteiger partial charge in [0.1, 0.15) is 0 Å². The first-order chi connectivity index (χ1) is 14.8. The molecule has 1 aliphatic heterocycles. The highest BCUT2D eigenvalue weighted by Crippen LogP contribution is 2.24. The highest BCUT2D eigenvalue weighted by atomic mass is 32.2. The lowest BCUT2D eigenvalue weighted by atomic mass is 9.97. The quantitative estimate of drug-likeness (QED) is 0.672. The minimum absolute atomic E-state index is 0.106. The summed E-state index contributed by atoms with van der Waals surface area (Å²) in [6.45, 7) is 3.04. The number of para-hydroxylation sites is 1. The molecule has 0 atom stereocenters. The second kappa shape index (κ2) is 11.0. The lowest BCUT2D eigenvalue weighted by molar-refractivity contribution is -0.119. The van der Waals surface area contributed by atoms with Crippen molar-refractivity contribution < 1.29 is 4.79 Å². The van der Waals surface area contributed by atoms with Gasteiger partial charge < -0.3 is 5.32 Å². The summed E-state index contributed by atoms with van der Waals surface area (Å²) >= 11 is 1.49. The molecule has 1 N–H and O–H groups in total. The van der Waals surface area contributed by atoms with E-state index in [1.54, 1.807) is 0 Å². The molecule has 162 valence electrons. The van der Waals surface area contributed by atoms with Crippen LogP contribution in [-0.4, -0.2) is 50.5 Å². The van der Waals surface area contributed by atoms with Crippen molar-refractivity contribution in [3.05, 3.63) is 36.2 Å². The second-order valence-electron chi connectivity index (χ2n) is 8.45. The number of carbonyl (C=O) groups is 1. The average molecular weight is 428 g/mol. The standard InChI is InChI=1S/C23H33N5OS/c29-22(24-19-11-5-2-1-3-6-12-19)18-30-23-26-25-21(17-27-15-9-10-16-27)28(23)20-13-7-4-8-14-20/h4,7-8,13-14,19H,1-3,5-6,9-12,15-18H2,(H,24,29). The van der Waals surface area contributed by atoms with Crippen molar-refractivity contribution in [3.8, 4) is 5.69 Å². The third-order valence-corrected chi connectivity index (χ3v) is 7.01. The van der Waals surface area contributed by atoms with Crippen LogP contribution in [0, 0.1) is 0 Å². The topological polar surface area (TPSA) is 63.1 Å². The largest absolute Gasteiger partial charge is 0.353 e. The Morgan fingerprint density at radius 1 is 0.967 bits per heavy atom. The van der Waals surface area contributed by atoms with Crippen LogP contribution >= 0.6 is 11.8 Å². The molecule has 1 aromatic carbocycles. The van der Waals surface area contributed by atoms with Crippen LogP contribution in [-0.2, 0) is 11.3 Å². The number of nitrogens with one attached hydrogen (secondary N) is 1. The van der Waals surface area contributed by atoms with Crippen molar-refractivity contribution >= 4 is 17.7 Å². The zero-order chi connectivity index (χ0) is 20.6. The maximum Gasteiger partial charge on any atom is 0.230 e. The van der Waals surface area contributed by atoms with Crippen LogP contribution in [0.1, 0.15) is 63.6 Å². The van der Waals surface area contributed by atoms with Crippen molar-refractivity contribution in [2.45, 2.75) is 75.5 Å². The van der Waals surface area contributed by atoms with E-state index in [1.165, 1.54) is 56.7 Å². The highest BCUT2D eigenvalue weighted by Gasteiger charge is 2.20. The van der Waals surface area contributed by atoms with Crippen LogP contribution in [0.25, 0.3) is 5.69 Å². The Morgan fingerprint density at radius 2 is 1.67 bits per heavy atom. The van der Waals surface area contributed by atoms with Gasteiger partial charge in [-0.15, -0.1) is 10.2 Å². The van der Waals surface area contributed by atoms with Gasteiger partial charge in [-0.1, -0.05) is 62.1 Å². The van der Waals surface area contributed by atoms with Gasteiger partial charge in [0, 0.05) is 11.7 Å². The van der Waals surface area contributed by atoms with E-state index >= 15 is 0 Å². The number of amides is 1. The predicted molar refractivity (Wildman–Crippen MR) is 121 cm³/mol. The van der Waals surface area contributed by atoms with E-state index in [9.17, 15) is 4.79 Å². The molecule has 0 radical (unpaired) electrons. The van der Waals surface area contributed by atoms with Crippen LogP contribution in [0.15, 0.2) is 35.5 Å². The van der Waals surface area contributed by atoms with Gasteiger partial charge in [0.2, 0.25) is 5.91 Å². The third-order valence-electron chi connectivity index (χ3n) is 6.08. The Kier molecular flexibility index (Phi) is 7.81. The summed E-state index contributed by atoms with van der Waals surface area (Å²) in [7, 11) is 0. The first kappa shape index (κ1) is 21.4. The number of benzene rings is 1. The summed E-state index contributed by atoms with van der Waals surface area (Å²) in [6.07, 6.45) is 11.1. The van der Waals surface area contributed by atoms with E-state index in [-0.39, 0.29) is 5.91 Å². The molecule has 1 aromatic heterocycles. The van der Waals surface area contributed by atoms with Crippen molar-refractivity contribution in [3.63, 3.8) is 0 Å². The number of rotatable bonds is 7. The van der Waals surface area contributed by atoms with Gasteiger partial charge in [-0.2, -0.15) is 0 Å². The lowest BCUT2D eigenvalue weighted by Gasteiger charge is -2.21. The van der Waals surface area contributed by atoms with Gasteiger partial charge in [-0.3, -0.25) is 14.3 Å². The summed E-state index contributed by atoms with van der Waals surface area (Å²) < 4.78 is 2.12. The van der Waals surface area contributed by atoms with Gasteiger partial charge in [0.25, 0.3) is 0 Å². The molecule has 4 rings (SSSR count). The Bertz CT molecular complexity index is 795. The fourth-order valence-corrected chi connectivity index (χ4v) is 5.26. The minimum atomic E-state index is 0.106. The van der Waals surface area contributed by atoms with Gasteiger partial charge in [0.05, 0.1) is 12.3 Å². The number of carbonyl (C=O) groups excluding carboxylic acids is 1. The Labute approximate surface area is 183 Å². The van der Waals surface area contributed by atoms with Crippen molar-refractivity contribution in [2.24, 2.45) is 0 Å². The molecule has 2 aliphatic rings. The normalized spacial score (nSPS) is 18.8. The Hall–Kier alpha value is -1.86. The smallest absolute Gasteiger partial charge is 0.230 e. The van der Waals surface area contributed by atoms with Gasteiger partial charge >= 0.3 is 0 Å². The average Bonchev–Trinajstić information content (AvgIpc) is 3.39. The van der Waals surface area contributed by atoms with Crippen LogP contribution in [0.4, 0.5) is 0 Å². The van der Waals surface area contributed by atoms with Crippen LogP contribution in [0.5, 0.6) is 0 Å². The molecule has 0 spiro atoms. The van der Waals surface area contributed by atoms with Crippen molar-refractivity contribution in [1.29, 1.82) is 0 Å². The summed E-state index contributed by atoms with van der Waals surface area (Å²) in [5.41, 5.74) is 1.06. The van der Waals surface area contributed by atoms with Crippen LogP contribution in [0.3, 0.4) is 0 Å². The maximum absolute atomic E-state index is 12.6. The summed E-state index contributed by atoms with van der Waals surface area (Å²) in [5.74, 6) is 1.44. The van der Waals surface area contributed by atoms with Crippen LogP contribution in [0.2, 0.25) is 0 Å². The molecular weight excluding hydrogens is 394 g/mol. The molecule has 1 saturated heterocycles. The Balaban J connectivity index is 1.41. The molecule has 7 heteroatoms. The van der Waals surface area contributed by atoms with E-state index in [1.807, 2.05) is 18.2 Å². The third kappa shape index (κ3) is 5.85. The van der Waals surface area contributed by atoms with E-state index in [0.717, 1.165) is 49.1 Å². The molecular formula is C23H33N5OS. The first-order valence-corrected chi connectivity index (χ1v) is 12.4. The molecule has 6 nitrogen and oxygen atoms in total. The number of nitrogens with zero attached hydrogens (tertiary/aromatic N) is 4. The SMILES string of the molecule is O=C(CSc1nnc(CN2CCCC2)n1-c1ccccc1)NC1CCCCCCC1. The molecule has 0 bridgehead atoms. The number of thioether (sulfide) groups is 1. The second-order valence-corrected chi connectivity index (χ2v) is 9.39. The fraction of sp³-hybridized carbons (Fsp3) is 0.609. The molecule has 0 unspecified atom stereocenters. The molecule has 1 aliphatic carbocycles. The predicted octanol–water partition coefficient (Wildman–Crippen LogP) is 4.18.